The van der Waals surface area contributed by atoms with E-state index in [2.05, 4.69) is 30.1 Å². The van der Waals surface area contributed by atoms with Crippen molar-refractivity contribution in [1.82, 2.24) is 10.2 Å². The van der Waals surface area contributed by atoms with Crippen LogP contribution in [-0.4, -0.2) is 40.0 Å². The normalized spacial score (nSPS) is 15.1. The van der Waals surface area contributed by atoms with E-state index in [0.717, 1.165) is 29.7 Å². The molecule has 0 bridgehead atoms. The number of carboxylic acid groups (broad SMARTS) is 1. The summed E-state index contributed by atoms with van der Waals surface area (Å²) in [6, 6.07) is 12.2. The number of nitrogens with one attached hydrogen (secondary N) is 2. The molecule has 2 heterocycles. The molecular weight excluding hydrogens is 436 g/mol. The summed E-state index contributed by atoms with van der Waals surface area (Å²) < 4.78 is 10.9. The molecule has 0 spiro atoms. The van der Waals surface area contributed by atoms with Crippen molar-refractivity contribution >= 4 is 11.9 Å². The molecule has 1 aromatic heterocycles. The Morgan fingerprint density at radius 3 is 2.56 bits per heavy atom. The van der Waals surface area contributed by atoms with Gasteiger partial charge in [0.15, 0.2) is 0 Å². The van der Waals surface area contributed by atoms with Crippen LogP contribution in [0.3, 0.4) is 0 Å². The Labute approximate surface area is 196 Å². The van der Waals surface area contributed by atoms with Gasteiger partial charge < -0.3 is 19.7 Å². The first-order valence-corrected chi connectivity index (χ1v) is 11.2. The van der Waals surface area contributed by atoms with E-state index in [1.54, 1.807) is 12.1 Å². The summed E-state index contributed by atoms with van der Waals surface area (Å²) >= 11 is 0. The van der Waals surface area contributed by atoms with Gasteiger partial charge in [0.2, 0.25) is 0 Å². The molecule has 1 aliphatic rings. The quantitative estimate of drug-likeness (QED) is 0.458. The minimum Gasteiger partial charge on any atom is -0.488 e. The van der Waals surface area contributed by atoms with Crippen LogP contribution in [0.5, 0.6) is 5.75 Å². The van der Waals surface area contributed by atoms with Crippen LogP contribution in [0.4, 0.5) is 0 Å². The Bertz CT molecular complexity index is 1270. The second-order valence-corrected chi connectivity index (χ2v) is 9.21. The van der Waals surface area contributed by atoms with Gasteiger partial charge in [0.25, 0.3) is 5.56 Å². The number of aryl methyl sites for hydroxylation is 1. The number of fused-ring (bicyclic) bond motifs is 1. The molecule has 34 heavy (non-hydrogen) atoms. The lowest BCUT2D eigenvalue weighted by molar-refractivity contribution is -0.140. The summed E-state index contributed by atoms with van der Waals surface area (Å²) in [5.74, 6) is -1.23. The van der Waals surface area contributed by atoms with E-state index in [-0.39, 0.29) is 23.1 Å². The number of hydrogen-bond acceptors (Lipinski definition) is 5. The van der Waals surface area contributed by atoms with E-state index in [1.165, 1.54) is 19.2 Å². The molecule has 0 saturated carbocycles. The number of aromatic amines is 2. The number of carbonyl (C=O) groups excluding carboxylic acids is 1. The summed E-state index contributed by atoms with van der Waals surface area (Å²) in [6.07, 6.45) is 2.23. The third kappa shape index (κ3) is 4.90. The standard InChI is InChI=1S/C26H28N2O6/c1-26(2)11-10-18-12-15(4-9-21(18)34-26)13-20-23(24(30)28-27-20)19(14-22(29)33-3)16-5-7-17(8-6-16)25(31)32/h4-9,12,19H,10-11,13-14H2,1-3H3,(H,31,32)(H2,27,28,30)/t19-/m0/s1. The van der Waals surface area contributed by atoms with Crippen LogP contribution in [0.1, 0.15) is 70.9 Å². The first kappa shape index (κ1) is 23.4. The molecule has 3 aromatic rings. The Kier molecular flexibility index (Phi) is 6.32. The molecule has 0 fully saturated rings. The molecule has 2 aromatic carbocycles. The maximum Gasteiger partial charge on any atom is 0.335 e. The summed E-state index contributed by atoms with van der Waals surface area (Å²) in [5, 5.41) is 14.8. The minimum atomic E-state index is -1.05. The lowest BCUT2D eigenvalue weighted by Crippen LogP contribution is -2.32. The SMILES string of the molecule is COC(=O)C[C@@H](c1ccc(C(=O)O)cc1)c1c(Cc2ccc3c(c2)CCC(C)(C)O3)[nH][nH]c1=O. The van der Waals surface area contributed by atoms with Crippen LogP contribution in [0.2, 0.25) is 0 Å². The minimum absolute atomic E-state index is 0.0516. The molecule has 0 aliphatic carbocycles. The van der Waals surface area contributed by atoms with Gasteiger partial charge in [-0.25, -0.2) is 4.79 Å². The van der Waals surface area contributed by atoms with Gasteiger partial charge in [-0.05, 0) is 61.6 Å². The number of ether oxygens (including phenoxy) is 2. The molecule has 0 saturated heterocycles. The monoisotopic (exact) mass is 464 g/mol. The van der Waals surface area contributed by atoms with E-state index < -0.39 is 17.9 Å². The van der Waals surface area contributed by atoms with Crippen LogP contribution in [-0.2, 0) is 22.4 Å². The zero-order chi connectivity index (χ0) is 24.5. The molecule has 8 heteroatoms. The molecule has 8 nitrogen and oxygen atoms in total. The van der Waals surface area contributed by atoms with E-state index in [9.17, 15) is 19.5 Å². The second-order valence-electron chi connectivity index (χ2n) is 9.21. The van der Waals surface area contributed by atoms with Crippen molar-refractivity contribution < 1.29 is 24.2 Å². The number of carboxylic acids is 1. The topological polar surface area (TPSA) is 121 Å². The van der Waals surface area contributed by atoms with Crippen molar-refractivity contribution in [2.45, 2.75) is 51.0 Å². The van der Waals surface area contributed by atoms with Gasteiger partial charge in [-0.2, -0.15) is 0 Å². The lowest BCUT2D eigenvalue weighted by atomic mass is 9.86. The van der Waals surface area contributed by atoms with E-state index in [0.29, 0.717) is 23.2 Å². The van der Waals surface area contributed by atoms with Gasteiger partial charge in [0.1, 0.15) is 11.4 Å². The lowest BCUT2D eigenvalue weighted by Gasteiger charge is -2.32. The highest BCUT2D eigenvalue weighted by Gasteiger charge is 2.28. The Hall–Kier alpha value is -3.81. The molecule has 0 amide bonds. The van der Waals surface area contributed by atoms with Crippen molar-refractivity contribution in [2.75, 3.05) is 7.11 Å². The van der Waals surface area contributed by atoms with Crippen LogP contribution >= 0.6 is 0 Å². The zero-order valence-electron chi connectivity index (χ0n) is 19.4. The number of esters is 1. The number of methoxy groups -OCH3 is 1. The molecule has 4 rings (SSSR count). The van der Waals surface area contributed by atoms with Crippen LogP contribution < -0.4 is 10.3 Å². The smallest absolute Gasteiger partial charge is 0.335 e. The van der Waals surface area contributed by atoms with E-state index in [4.69, 9.17) is 9.47 Å². The van der Waals surface area contributed by atoms with Gasteiger partial charge in [-0.1, -0.05) is 24.3 Å². The van der Waals surface area contributed by atoms with Gasteiger partial charge in [0.05, 0.1) is 19.1 Å². The number of H-pyrrole nitrogens is 2. The van der Waals surface area contributed by atoms with Crippen LogP contribution in [0.25, 0.3) is 0 Å². The summed E-state index contributed by atoms with van der Waals surface area (Å²) in [4.78, 5) is 36.3. The molecule has 1 aliphatic heterocycles. The number of carbonyl (C=O) groups is 2. The molecular formula is C26H28N2O6. The second kappa shape index (κ2) is 9.21. The van der Waals surface area contributed by atoms with Crippen LogP contribution in [0, 0.1) is 0 Å². The predicted molar refractivity (Wildman–Crippen MR) is 126 cm³/mol. The Morgan fingerprint density at radius 2 is 1.88 bits per heavy atom. The molecule has 0 radical (unpaired) electrons. The first-order chi connectivity index (χ1) is 16.2. The van der Waals surface area contributed by atoms with E-state index >= 15 is 0 Å². The summed E-state index contributed by atoms with van der Waals surface area (Å²) in [5.41, 5.74) is 3.51. The van der Waals surface area contributed by atoms with Crippen LogP contribution in [0.15, 0.2) is 47.3 Å². The maximum absolute atomic E-state index is 12.8. The Balaban J connectivity index is 1.68. The van der Waals surface area contributed by atoms with Crippen molar-refractivity contribution in [3.8, 4) is 5.75 Å². The van der Waals surface area contributed by atoms with Gasteiger partial charge in [-0.3, -0.25) is 14.7 Å². The number of hydrogen-bond donors (Lipinski definition) is 3. The van der Waals surface area contributed by atoms with E-state index in [1.807, 2.05) is 12.1 Å². The van der Waals surface area contributed by atoms with Crippen molar-refractivity contribution in [3.63, 3.8) is 0 Å². The fourth-order valence-electron chi connectivity index (χ4n) is 4.43. The first-order valence-electron chi connectivity index (χ1n) is 11.2. The highest BCUT2D eigenvalue weighted by molar-refractivity contribution is 5.87. The average molecular weight is 465 g/mol. The molecule has 178 valence electrons. The third-order valence-electron chi connectivity index (χ3n) is 6.29. The van der Waals surface area contributed by atoms with Gasteiger partial charge in [0, 0.05) is 23.6 Å². The maximum atomic E-state index is 12.8. The van der Waals surface area contributed by atoms with Crippen molar-refractivity contribution in [3.05, 3.63) is 86.3 Å². The largest absolute Gasteiger partial charge is 0.488 e. The highest BCUT2D eigenvalue weighted by Crippen LogP contribution is 2.34. The van der Waals surface area contributed by atoms with Gasteiger partial charge in [-0.15, -0.1) is 0 Å². The van der Waals surface area contributed by atoms with Gasteiger partial charge >= 0.3 is 11.9 Å². The fourth-order valence-corrected chi connectivity index (χ4v) is 4.43. The van der Waals surface area contributed by atoms with Crippen molar-refractivity contribution in [1.29, 1.82) is 0 Å². The molecule has 1 atom stereocenters. The highest BCUT2D eigenvalue weighted by atomic mass is 16.5. The summed E-state index contributed by atoms with van der Waals surface area (Å²) in [6.45, 7) is 4.15. The predicted octanol–water partition coefficient (Wildman–Crippen LogP) is 3.79. The molecule has 3 N–H and O–H groups in total. The number of aromatic carboxylic acids is 1. The summed E-state index contributed by atoms with van der Waals surface area (Å²) in [7, 11) is 1.30. The average Bonchev–Trinajstić information content (AvgIpc) is 3.16. The number of rotatable bonds is 7. The van der Waals surface area contributed by atoms with Crippen molar-refractivity contribution in [2.24, 2.45) is 0 Å². The third-order valence-corrected chi connectivity index (χ3v) is 6.29. The fraction of sp³-hybridized carbons (Fsp3) is 0.346. The Morgan fingerprint density at radius 1 is 1.15 bits per heavy atom. The number of benzene rings is 2. The zero-order valence-corrected chi connectivity index (χ0v) is 19.4. The number of aromatic nitrogens is 2. The molecule has 0 unspecified atom stereocenters.